The van der Waals surface area contributed by atoms with Crippen LogP contribution in [0.1, 0.15) is 61.2 Å². The van der Waals surface area contributed by atoms with Crippen molar-refractivity contribution < 1.29 is 4.39 Å². The number of aromatic nitrogens is 2. The summed E-state index contributed by atoms with van der Waals surface area (Å²) in [6.45, 7) is 7.04. The lowest BCUT2D eigenvalue weighted by Gasteiger charge is -2.32. The van der Waals surface area contributed by atoms with Crippen LogP contribution in [0.4, 0.5) is 10.3 Å². The molecular weight excluding hydrogens is 339 g/mol. The van der Waals surface area contributed by atoms with Crippen molar-refractivity contribution in [3.05, 3.63) is 52.6 Å². The molecule has 1 fully saturated rings. The zero-order valence-electron chi connectivity index (χ0n) is 16.3. The van der Waals surface area contributed by atoms with E-state index in [9.17, 15) is 4.39 Å². The van der Waals surface area contributed by atoms with Gasteiger partial charge in [-0.05, 0) is 68.2 Å². The van der Waals surface area contributed by atoms with E-state index in [1.165, 1.54) is 19.3 Å². The van der Waals surface area contributed by atoms with Gasteiger partial charge in [-0.25, -0.2) is 14.4 Å². The van der Waals surface area contributed by atoms with Crippen molar-refractivity contribution in [3.63, 3.8) is 0 Å². The third-order valence-corrected chi connectivity index (χ3v) is 5.95. The summed E-state index contributed by atoms with van der Waals surface area (Å²) >= 11 is 0. The largest absolute Gasteiger partial charge is 0.341 e. The van der Waals surface area contributed by atoms with Crippen molar-refractivity contribution in [1.29, 1.82) is 0 Å². The zero-order valence-corrected chi connectivity index (χ0v) is 16.3. The van der Waals surface area contributed by atoms with Crippen LogP contribution in [0.3, 0.4) is 0 Å². The third kappa shape index (κ3) is 3.98. The number of rotatable bonds is 4. The molecule has 2 aliphatic rings. The number of halogens is 1. The summed E-state index contributed by atoms with van der Waals surface area (Å²) < 4.78 is 14.2. The van der Waals surface area contributed by atoms with Crippen LogP contribution in [0.5, 0.6) is 0 Å². The van der Waals surface area contributed by atoms with Crippen molar-refractivity contribution in [3.8, 4) is 0 Å². The minimum absolute atomic E-state index is 0.0727. The molecule has 1 aliphatic carbocycles. The van der Waals surface area contributed by atoms with E-state index in [1.807, 2.05) is 13.0 Å². The summed E-state index contributed by atoms with van der Waals surface area (Å²) in [7, 11) is 0. The molecule has 0 amide bonds. The first-order valence-corrected chi connectivity index (χ1v) is 10.2. The first kappa shape index (κ1) is 18.4. The van der Waals surface area contributed by atoms with Gasteiger partial charge in [0.2, 0.25) is 5.95 Å². The van der Waals surface area contributed by atoms with Gasteiger partial charge < -0.3 is 10.2 Å². The van der Waals surface area contributed by atoms with E-state index in [4.69, 9.17) is 4.98 Å². The lowest BCUT2D eigenvalue weighted by molar-refractivity contribution is 0.337. The Balaban J connectivity index is 1.52. The SMILES string of the molecule is Cc1cc(CNC2c3cccc(F)c3CCC2C)nc(N2CCCCC2)n1. The van der Waals surface area contributed by atoms with E-state index < -0.39 is 0 Å². The van der Waals surface area contributed by atoms with Gasteiger partial charge in [0.25, 0.3) is 0 Å². The van der Waals surface area contributed by atoms with Gasteiger partial charge in [-0.2, -0.15) is 0 Å². The normalized spacial score (nSPS) is 22.6. The zero-order chi connectivity index (χ0) is 18.8. The second kappa shape index (κ2) is 7.93. The molecule has 144 valence electrons. The van der Waals surface area contributed by atoms with E-state index in [-0.39, 0.29) is 11.9 Å². The average Bonchev–Trinajstić information content (AvgIpc) is 2.68. The molecule has 0 spiro atoms. The molecule has 2 unspecified atom stereocenters. The van der Waals surface area contributed by atoms with Crippen molar-refractivity contribution in [2.45, 2.75) is 58.5 Å². The predicted molar refractivity (Wildman–Crippen MR) is 106 cm³/mol. The lowest BCUT2D eigenvalue weighted by atomic mass is 9.80. The number of aryl methyl sites for hydroxylation is 1. The van der Waals surface area contributed by atoms with Crippen LogP contribution in [0.15, 0.2) is 24.3 Å². The fraction of sp³-hybridized carbons (Fsp3) is 0.545. The van der Waals surface area contributed by atoms with E-state index in [1.54, 1.807) is 6.07 Å². The van der Waals surface area contributed by atoms with E-state index in [0.29, 0.717) is 12.5 Å². The molecule has 0 radical (unpaired) electrons. The molecule has 2 atom stereocenters. The number of hydrogen-bond acceptors (Lipinski definition) is 4. The maximum atomic E-state index is 14.2. The fourth-order valence-corrected chi connectivity index (χ4v) is 4.44. The minimum atomic E-state index is -0.0727. The standard InChI is InChI=1S/C22H29FN4/c1-15-9-10-18-19(7-6-8-20(18)23)21(15)24-14-17-13-16(2)25-22(26-17)27-11-4-3-5-12-27/h6-8,13,15,21,24H,3-5,9-12,14H2,1-2H3. The Morgan fingerprint density at radius 3 is 2.81 bits per heavy atom. The van der Waals surface area contributed by atoms with Gasteiger partial charge in [0.15, 0.2) is 0 Å². The second-order valence-corrected chi connectivity index (χ2v) is 8.03. The Morgan fingerprint density at radius 2 is 2.00 bits per heavy atom. The van der Waals surface area contributed by atoms with Gasteiger partial charge in [-0.3, -0.25) is 0 Å². The van der Waals surface area contributed by atoms with Crippen molar-refractivity contribution in [1.82, 2.24) is 15.3 Å². The Bertz CT molecular complexity index is 801. The van der Waals surface area contributed by atoms with Gasteiger partial charge in [0, 0.05) is 31.4 Å². The molecule has 5 heteroatoms. The number of nitrogens with one attached hydrogen (secondary N) is 1. The molecule has 27 heavy (non-hydrogen) atoms. The molecule has 1 N–H and O–H groups in total. The molecule has 1 saturated heterocycles. The van der Waals surface area contributed by atoms with Crippen LogP contribution in [-0.2, 0) is 13.0 Å². The van der Waals surface area contributed by atoms with Gasteiger partial charge in [0.1, 0.15) is 5.82 Å². The molecule has 0 bridgehead atoms. The smallest absolute Gasteiger partial charge is 0.225 e. The monoisotopic (exact) mass is 368 g/mol. The van der Waals surface area contributed by atoms with E-state index >= 15 is 0 Å². The molecule has 2 aromatic rings. The topological polar surface area (TPSA) is 41.1 Å². The molecule has 4 nitrogen and oxygen atoms in total. The van der Waals surface area contributed by atoms with Gasteiger partial charge in [0.05, 0.1) is 5.69 Å². The lowest BCUT2D eigenvalue weighted by Crippen LogP contribution is -2.33. The maximum Gasteiger partial charge on any atom is 0.225 e. The summed E-state index contributed by atoms with van der Waals surface area (Å²) in [5.74, 6) is 1.26. The summed E-state index contributed by atoms with van der Waals surface area (Å²) in [5.41, 5.74) is 4.00. The molecule has 1 aromatic heterocycles. The quantitative estimate of drug-likeness (QED) is 0.872. The van der Waals surface area contributed by atoms with Gasteiger partial charge >= 0.3 is 0 Å². The summed E-state index contributed by atoms with van der Waals surface area (Å²) in [4.78, 5) is 11.8. The average molecular weight is 369 g/mol. The first-order chi connectivity index (χ1) is 13.1. The molecular formula is C22H29FN4. The molecule has 1 aromatic carbocycles. The molecule has 0 saturated carbocycles. The highest BCUT2D eigenvalue weighted by atomic mass is 19.1. The van der Waals surface area contributed by atoms with Crippen LogP contribution in [0, 0.1) is 18.7 Å². The van der Waals surface area contributed by atoms with Crippen molar-refractivity contribution >= 4 is 5.95 Å². The predicted octanol–water partition coefficient (Wildman–Crippen LogP) is 4.33. The highest BCUT2D eigenvalue weighted by Crippen LogP contribution is 2.35. The Hall–Kier alpha value is -2.01. The fourth-order valence-electron chi connectivity index (χ4n) is 4.44. The van der Waals surface area contributed by atoms with Crippen LogP contribution in [0.25, 0.3) is 0 Å². The maximum absolute atomic E-state index is 14.2. The number of benzene rings is 1. The van der Waals surface area contributed by atoms with Gasteiger partial charge in [-0.15, -0.1) is 0 Å². The van der Waals surface area contributed by atoms with Crippen LogP contribution in [-0.4, -0.2) is 23.1 Å². The highest BCUT2D eigenvalue weighted by molar-refractivity contribution is 5.35. The van der Waals surface area contributed by atoms with Crippen LogP contribution < -0.4 is 10.2 Å². The minimum Gasteiger partial charge on any atom is -0.341 e. The Morgan fingerprint density at radius 1 is 1.19 bits per heavy atom. The van der Waals surface area contributed by atoms with Crippen LogP contribution >= 0.6 is 0 Å². The first-order valence-electron chi connectivity index (χ1n) is 10.2. The number of anilines is 1. The van der Waals surface area contributed by atoms with Crippen LogP contribution in [0.2, 0.25) is 0 Å². The summed E-state index contributed by atoms with van der Waals surface area (Å²) in [6.07, 6.45) is 5.56. The third-order valence-electron chi connectivity index (χ3n) is 5.95. The van der Waals surface area contributed by atoms with E-state index in [2.05, 4.69) is 34.3 Å². The highest BCUT2D eigenvalue weighted by Gasteiger charge is 2.28. The Labute approximate surface area is 161 Å². The van der Waals surface area contributed by atoms with Gasteiger partial charge in [-0.1, -0.05) is 19.1 Å². The number of nitrogens with zero attached hydrogens (tertiary/aromatic N) is 3. The van der Waals surface area contributed by atoms with Crippen molar-refractivity contribution in [2.24, 2.45) is 5.92 Å². The molecule has 1 aliphatic heterocycles. The van der Waals surface area contributed by atoms with Crippen molar-refractivity contribution in [2.75, 3.05) is 18.0 Å². The number of fused-ring (bicyclic) bond motifs is 1. The molecule has 2 heterocycles. The summed E-state index contributed by atoms with van der Waals surface area (Å²) in [6, 6.07) is 7.68. The number of hydrogen-bond donors (Lipinski definition) is 1. The second-order valence-electron chi connectivity index (χ2n) is 8.03. The summed E-state index contributed by atoms with van der Waals surface area (Å²) in [5, 5.41) is 3.65. The Kier molecular flexibility index (Phi) is 5.39. The van der Waals surface area contributed by atoms with E-state index in [0.717, 1.165) is 54.4 Å². The molecule has 4 rings (SSSR count). The number of piperidine rings is 1.